The van der Waals surface area contributed by atoms with Crippen molar-refractivity contribution >= 4 is 11.5 Å². The molecule has 0 aromatic carbocycles. The van der Waals surface area contributed by atoms with E-state index in [1.165, 1.54) is 19.3 Å². The molecule has 0 bridgehead atoms. The standard InChI is InChI=1S/C20H31N3O2/c1-2-25-18-13-17(20(18)8-4-9-20)22-16-5-3-10-21-19(16)23-11-6-15(14-24)7-12-23/h3,5,10,15,17-18,22,24H,2,4,6-9,11-14H2,1H3. The molecule has 2 N–H and O–H groups in total. The van der Waals surface area contributed by atoms with E-state index >= 15 is 0 Å². The minimum absolute atomic E-state index is 0.310. The normalized spacial score (nSPS) is 28.5. The average Bonchev–Trinajstić information content (AvgIpc) is 2.60. The van der Waals surface area contributed by atoms with Crippen molar-refractivity contribution in [3.63, 3.8) is 0 Å². The van der Waals surface area contributed by atoms with Crippen molar-refractivity contribution in [2.45, 2.75) is 57.6 Å². The van der Waals surface area contributed by atoms with Crippen LogP contribution in [0.2, 0.25) is 0 Å². The Balaban J connectivity index is 1.45. The van der Waals surface area contributed by atoms with Crippen molar-refractivity contribution in [1.82, 2.24) is 4.98 Å². The van der Waals surface area contributed by atoms with Gasteiger partial charge in [-0.1, -0.05) is 6.42 Å². The number of ether oxygens (including phenoxy) is 1. The fourth-order valence-corrected chi connectivity index (χ4v) is 4.92. The van der Waals surface area contributed by atoms with Gasteiger partial charge in [0.1, 0.15) is 0 Å². The number of aliphatic hydroxyl groups is 1. The molecule has 2 heterocycles. The van der Waals surface area contributed by atoms with Crippen molar-refractivity contribution in [2.24, 2.45) is 11.3 Å². The van der Waals surface area contributed by atoms with Gasteiger partial charge < -0.3 is 20.1 Å². The van der Waals surface area contributed by atoms with Crippen LogP contribution in [0.25, 0.3) is 0 Å². The summed E-state index contributed by atoms with van der Waals surface area (Å²) in [5.74, 6) is 1.53. The Morgan fingerprint density at radius 2 is 2.16 bits per heavy atom. The highest BCUT2D eigenvalue weighted by atomic mass is 16.5. The molecule has 3 aliphatic rings. The van der Waals surface area contributed by atoms with Crippen LogP contribution in [0.1, 0.15) is 45.4 Å². The number of hydrogen-bond acceptors (Lipinski definition) is 5. The van der Waals surface area contributed by atoms with Crippen LogP contribution in [0, 0.1) is 11.3 Å². The van der Waals surface area contributed by atoms with Crippen molar-refractivity contribution in [1.29, 1.82) is 0 Å². The molecule has 25 heavy (non-hydrogen) atoms. The Labute approximate surface area is 150 Å². The van der Waals surface area contributed by atoms with Crippen LogP contribution in [0.15, 0.2) is 18.3 Å². The minimum atomic E-state index is 0.310. The summed E-state index contributed by atoms with van der Waals surface area (Å²) >= 11 is 0. The first-order valence-electron chi connectivity index (χ1n) is 9.96. The molecular formula is C20H31N3O2. The van der Waals surface area contributed by atoms with Crippen LogP contribution >= 0.6 is 0 Å². The molecule has 0 amide bonds. The second-order valence-corrected chi connectivity index (χ2v) is 7.95. The largest absolute Gasteiger partial charge is 0.396 e. The number of hydrogen-bond donors (Lipinski definition) is 2. The topological polar surface area (TPSA) is 57.6 Å². The van der Waals surface area contributed by atoms with Crippen molar-refractivity contribution in [2.75, 3.05) is 36.5 Å². The number of aromatic nitrogens is 1. The molecule has 2 aliphatic carbocycles. The fourth-order valence-electron chi connectivity index (χ4n) is 4.92. The van der Waals surface area contributed by atoms with Gasteiger partial charge in [-0.15, -0.1) is 0 Å². The van der Waals surface area contributed by atoms with Crippen molar-refractivity contribution in [3.8, 4) is 0 Å². The maximum Gasteiger partial charge on any atom is 0.151 e. The summed E-state index contributed by atoms with van der Waals surface area (Å²) in [7, 11) is 0. The molecule has 5 nitrogen and oxygen atoms in total. The van der Waals surface area contributed by atoms with Crippen molar-refractivity contribution < 1.29 is 9.84 Å². The Morgan fingerprint density at radius 1 is 1.36 bits per heavy atom. The van der Waals surface area contributed by atoms with Crippen LogP contribution in [0.4, 0.5) is 11.5 Å². The van der Waals surface area contributed by atoms with Gasteiger partial charge in [-0.25, -0.2) is 4.98 Å². The zero-order chi connectivity index (χ0) is 17.3. The van der Waals surface area contributed by atoms with Crippen molar-refractivity contribution in [3.05, 3.63) is 18.3 Å². The number of aliphatic hydroxyl groups excluding tert-OH is 1. The molecule has 1 spiro atoms. The smallest absolute Gasteiger partial charge is 0.151 e. The van der Waals surface area contributed by atoms with E-state index in [2.05, 4.69) is 28.2 Å². The number of rotatable bonds is 6. The molecule has 1 aromatic heterocycles. The number of nitrogens with zero attached hydrogens (tertiary/aromatic N) is 2. The molecule has 2 unspecified atom stereocenters. The predicted molar refractivity (Wildman–Crippen MR) is 100.0 cm³/mol. The van der Waals surface area contributed by atoms with Crippen LogP contribution in [0.5, 0.6) is 0 Å². The third-order valence-electron chi connectivity index (χ3n) is 6.73. The maximum absolute atomic E-state index is 9.36. The quantitative estimate of drug-likeness (QED) is 0.830. The summed E-state index contributed by atoms with van der Waals surface area (Å²) in [6, 6.07) is 4.70. The van der Waals surface area contributed by atoms with Crippen LogP contribution in [-0.2, 0) is 4.74 Å². The van der Waals surface area contributed by atoms with E-state index in [-0.39, 0.29) is 0 Å². The van der Waals surface area contributed by atoms with Gasteiger partial charge in [0, 0.05) is 44.0 Å². The highest BCUT2D eigenvalue weighted by Crippen LogP contribution is 2.58. The summed E-state index contributed by atoms with van der Waals surface area (Å²) in [6.45, 7) is 5.19. The van der Waals surface area contributed by atoms with Crippen LogP contribution < -0.4 is 10.2 Å². The second kappa shape index (κ2) is 7.12. The molecule has 1 aromatic rings. The number of anilines is 2. The number of nitrogens with one attached hydrogen (secondary N) is 1. The van der Waals surface area contributed by atoms with Gasteiger partial charge in [-0.3, -0.25) is 0 Å². The third kappa shape index (κ3) is 3.02. The molecule has 3 fully saturated rings. The van der Waals surface area contributed by atoms with E-state index in [0.717, 1.165) is 50.5 Å². The summed E-state index contributed by atoms with van der Waals surface area (Å²) in [6.07, 6.45) is 9.43. The van der Waals surface area contributed by atoms with Gasteiger partial charge >= 0.3 is 0 Å². The summed E-state index contributed by atoms with van der Waals surface area (Å²) in [5.41, 5.74) is 1.52. The molecule has 1 saturated heterocycles. The molecule has 2 saturated carbocycles. The molecule has 5 heteroatoms. The van der Waals surface area contributed by atoms with E-state index in [4.69, 9.17) is 4.74 Å². The lowest BCUT2D eigenvalue weighted by atomic mass is 9.51. The lowest BCUT2D eigenvalue weighted by Gasteiger charge is -2.61. The third-order valence-corrected chi connectivity index (χ3v) is 6.73. The maximum atomic E-state index is 9.36. The summed E-state index contributed by atoms with van der Waals surface area (Å²) in [5, 5.41) is 13.2. The summed E-state index contributed by atoms with van der Waals surface area (Å²) in [4.78, 5) is 7.06. The Morgan fingerprint density at radius 3 is 2.80 bits per heavy atom. The number of pyridine rings is 1. The van der Waals surface area contributed by atoms with Gasteiger partial charge in [0.2, 0.25) is 0 Å². The average molecular weight is 345 g/mol. The van der Waals surface area contributed by atoms with Crippen LogP contribution in [-0.4, -0.2) is 48.5 Å². The molecule has 1 aliphatic heterocycles. The molecule has 2 atom stereocenters. The monoisotopic (exact) mass is 345 g/mol. The lowest BCUT2D eigenvalue weighted by Crippen LogP contribution is -2.64. The van der Waals surface area contributed by atoms with Gasteiger partial charge in [0.15, 0.2) is 5.82 Å². The second-order valence-electron chi connectivity index (χ2n) is 7.95. The van der Waals surface area contributed by atoms with Crippen LogP contribution in [0.3, 0.4) is 0 Å². The first kappa shape index (κ1) is 17.1. The Bertz CT molecular complexity index is 582. The summed E-state index contributed by atoms with van der Waals surface area (Å²) < 4.78 is 5.98. The Kier molecular flexibility index (Phi) is 4.87. The highest BCUT2D eigenvalue weighted by molar-refractivity contribution is 5.66. The lowest BCUT2D eigenvalue weighted by molar-refractivity contribution is -0.157. The van der Waals surface area contributed by atoms with E-state index in [1.54, 1.807) is 0 Å². The van der Waals surface area contributed by atoms with E-state index in [0.29, 0.717) is 30.1 Å². The Hall–Kier alpha value is -1.33. The first-order valence-corrected chi connectivity index (χ1v) is 9.96. The molecular weight excluding hydrogens is 314 g/mol. The van der Waals surface area contributed by atoms with E-state index in [1.807, 2.05) is 12.3 Å². The van der Waals surface area contributed by atoms with E-state index < -0.39 is 0 Å². The minimum Gasteiger partial charge on any atom is -0.396 e. The zero-order valence-electron chi connectivity index (χ0n) is 15.3. The van der Waals surface area contributed by atoms with Gasteiger partial charge in [0.05, 0.1) is 11.8 Å². The fraction of sp³-hybridized carbons (Fsp3) is 0.750. The highest BCUT2D eigenvalue weighted by Gasteiger charge is 2.59. The van der Waals surface area contributed by atoms with E-state index in [9.17, 15) is 5.11 Å². The molecule has 138 valence electrons. The molecule has 4 rings (SSSR count). The van der Waals surface area contributed by atoms with Gasteiger partial charge in [0.25, 0.3) is 0 Å². The SMILES string of the molecule is CCOC1CC(Nc2cccnc2N2CCC(CO)CC2)C12CCC2. The first-order chi connectivity index (χ1) is 12.3. The van der Waals surface area contributed by atoms with Gasteiger partial charge in [-0.2, -0.15) is 0 Å². The molecule has 0 radical (unpaired) electrons. The number of piperidine rings is 1. The van der Waals surface area contributed by atoms with Gasteiger partial charge in [-0.05, 0) is 57.1 Å². The zero-order valence-corrected chi connectivity index (χ0v) is 15.3. The predicted octanol–water partition coefficient (Wildman–Crippen LogP) is 3.05.